The molecule has 1 aromatic heterocycles. The second-order valence-corrected chi connectivity index (χ2v) is 5.00. The molecule has 2 aromatic carbocycles. The average Bonchev–Trinajstić information content (AvgIpc) is 2.94. The van der Waals surface area contributed by atoms with Crippen LogP contribution in [0, 0.1) is 6.92 Å². The van der Waals surface area contributed by atoms with Crippen molar-refractivity contribution in [1.29, 1.82) is 0 Å². The van der Waals surface area contributed by atoms with Gasteiger partial charge >= 0.3 is 0 Å². The van der Waals surface area contributed by atoms with Crippen LogP contribution < -0.4 is 5.73 Å². The second kappa shape index (κ2) is 5.75. The summed E-state index contributed by atoms with van der Waals surface area (Å²) in [6.45, 7) is 2.74. The minimum Gasteiger partial charge on any atom is -0.398 e. The van der Waals surface area contributed by atoms with Crippen molar-refractivity contribution < 1.29 is 0 Å². The Hall–Kier alpha value is -2.69. The second-order valence-electron chi connectivity index (χ2n) is 5.00. The number of rotatable bonds is 4. The third-order valence-corrected chi connectivity index (χ3v) is 3.52. The van der Waals surface area contributed by atoms with Crippen LogP contribution in [-0.2, 0) is 13.0 Å². The molecule has 0 radical (unpaired) electrons. The zero-order valence-electron chi connectivity index (χ0n) is 11.9. The third-order valence-electron chi connectivity index (χ3n) is 3.52. The lowest BCUT2D eigenvalue weighted by Crippen LogP contribution is -2.07. The van der Waals surface area contributed by atoms with Gasteiger partial charge in [0.05, 0.1) is 0 Å². The Labute approximate surface area is 123 Å². The molecule has 5 nitrogen and oxygen atoms in total. The lowest BCUT2D eigenvalue weighted by atomic mass is 10.1. The zero-order chi connectivity index (χ0) is 14.7. The quantitative estimate of drug-likeness (QED) is 0.745. The van der Waals surface area contributed by atoms with Gasteiger partial charge in [0.15, 0.2) is 5.82 Å². The van der Waals surface area contributed by atoms with Gasteiger partial charge in [0, 0.05) is 17.8 Å². The lowest BCUT2D eigenvalue weighted by molar-refractivity contribution is 0.594. The van der Waals surface area contributed by atoms with E-state index in [1.807, 2.05) is 48.0 Å². The molecule has 0 unspecified atom stereocenters. The van der Waals surface area contributed by atoms with Crippen LogP contribution in [0.5, 0.6) is 0 Å². The summed E-state index contributed by atoms with van der Waals surface area (Å²) >= 11 is 0. The normalized spacial score (nSPS) is 10.7. The summed E-state index contributed by atoms with van der Waals surface area (Å²) in [5, 5.41) is 12.0. The molecular formula is C16H17N5. The summed E-state index contributed by atoms with van der Waals surface area (Å²) in [7, 11) is 0. The molecule has 0 bridgehead atoms. The van der Waals surface area contributed by atoms with Gasteiger partial charge in [-0.1, -0.05) is 42.5 Å². The number of hydrogen-bond acceptors (Lipinski definition) is 4. The van der Waals surface area contributed by atoms with E-state index >= 15 is 0 Å². The van der Waals surface area contributed by atoms with Gasteiger partial charge in [-0.25, -0.2) is 4.68 Å². The predicted octanol–water partition coefficient (Wildman–Crippen LogP) is 2.47. The molecule has 106 valence electrons. The first-order valence-electron chi connectivity index (χ1n) is 6.91. The first-order valence-corrected chi connectivity index (χ1v) is 6.91. The largest absolute Gasteiger partial charge is 0.398 e. The topological polar surface area (TPSA) is 69.6 Å². The predicted molar refractivity (Wildman–Crippen MR) is 82.5 cm³/mol. The van der Waals surface area contributed by atoms with E-state index in [2.05, 4.69) is 27.7 Å². The van der Waals surface area contributed by atoms with Gasteiger partial charge in [0.25, 0.3) is 0 Å². The maximum absolute atomic E-state index is 6.08. The van der Waals surface area contributed by atoms with Gasteiger partial charge in [-0.05, 0) is 41.0 Å². The summed E-state index contributed by atoms with van der Waals surface area (Å²) in [6, 6.07) is 16.1. The Morgan fingerprint density at radius 3 is 2.62 bits per heavy atom. The minimum atomic E-state index is 0.700. The molecular weight excluding hydrogens is 262 g/mol. The summed E-state index contributed by atoms with van der Waals surface area (Å²) in [5.41, 5.74) is 10.0. The highest BCUT2D eigenvalue weighted by Crippen LogP contribution is 2.27. The Kier molecular flexibility index (Phi) is 3.64. The van der Waals surface area contributed by atoms with Crippen LogP contribution in [0.2, 0.25) is 0 Å². The fourth-order valence-electron chi connectivity index (χ4n) is 2.41. The van der Waals surface area contributed by atoms with Crippen molar-refractivity contribution in [2.75, 3.05) is 5.73 Å². The van der Waals surface area contributed by atoms with E-state index in [4.69, 9.17) is 5.73 Å². The van der Waals surface area contributed by atoms with Crippen molar-refractivity contribution in [1.82, 2.24) is 20.2 Å². The summed E-state index contributed by atoms with van der Waals surface area (Å²) in [6.07, 6.45) is 0.880. The average molecular weight is 279 g/mol. The summed E-state index contributed by atoms with van der Waals surface area (Å²) < 4.78 is 1.81. The highest BCUT2D eigenvalue weighted by Gasteiger charge is 2.14. The number of anilines is 1. The maximum atomic E-state index is 6.08. The van der Waals surface area contributed by atoms with Gasteiger partial charge in [-0.15, -0.1) is 5.10 Å². The van der Waals surface area contributed by atoms with Crippen LogP contribution in [0.25, 0.3) is 11.4 Å². The fraction of sp³-hybridized carbons (Fsp3) is 0.188. The molecule has 0 atom stereocenters. The number of tetrazole rings is 1. The molecule has 0 aliphatic heterocycles. The van der Waals surface area contributed by atoms with E-state index < -0.39 is 0 Å². The fourth-order valence-corrected chi connectivity index (χ4v) is 2.41. The van der Waals surface area contributed by atoms with Crippen molar-refractivity contribution in [3.8, 4) is 11.4 Å². The highest BCUT2D eigenvalue weighted by atomic mass is 15.5. The van der Waals surface area contributed by atoms with E-state index in [-0.39, 0.29) is 0 Å². The first kappa shape index (κ1) is 13.3. The SMILES string of the molecule is Cc1cccc(N)c1-c1nnnn1CCc1ccccc1. The summed E-state index contributed by atoms with van der Waals surface area (Å²) in [4.78, 5) is 0. The van der Waals surface area contributed by atoms with E-state index in [9.17, 15) is 0 Å². The van der Waals surface area contributed by atoms with Crippen LogP contribution in [0.3, 0.4) is 0 Å². The number of nitrogens with two attached hydrogens (primary N) is 1. The van der Waals surface area contributed by atoms with Gasteiger partial charge in [-0.3, -0.25) is 0 Å². The zero-order valence-corrected chi connectivity index (χ0v) is 11.9. The number of aromatic nitrogens is 4. The molecule has 0 aliphatic carbocycles. The molecule has 0 fully saturated rings. The van der Waals surface area contributed by atoms with Gasteiger partial charge in [0.2, 0.25) is 0 Å². The van der Waals surface area contributed by atoms with Gasteiger partial charge < -0.3 is 5.73 Å². The van der Waals surface area contributed by atoms with Gasteiger partial charge in [-0.2, -0.15) is 0 Å². The number of nitrogens with zero attached hydrogens (tertiary/aromatic N) is 4. The molecule has 0 amide bonds. The van der Waals surface area contributed by atoms with E-state index in [1.54, 1.807) is 0 Å². The Morgan fingerprint density at radius 1 is 1.05 bits per heavy atom. The molecule has 1 heterocycles. The van der Waals surface area contributed by atoms with E-state index in [0.717, 1.165) is 29.9 Å². The van der Waals surface area contributed by atoms with Gasteiger partial charge in [0.1, 0.15) is 0 Å². The Balaban J connectivity index is 1.88. The van der Waals surface area contributed by atoms with Crippen LogP contribution in [0.4, 0.5) is 5.69 Å². The number of hydrogen-bond donors (Lipinski definition) is 1. The molecule has 5 heteroatoms. The van der Waals surface area contributed by atoms with E-state index in [0.29, 0.717) is 5.69 Å². The van der Waals surface area contributed by atoms with Crippen LogP contribution in [0.1, 0.15) is 11.1 Å². The van der Waals surface area contributed by atoms with Crippen molar-refractivity contribution in [2.24, 2.45) is 0 Å². The monoisotopic (exact) mass is 279 g/mol. The van der Waals surface area contributed by atoms with E-state index in [1.165, 1.54) is 5.56 Å². The van der Waals surface area contributed by atoms with Crippen molar-refractivity contribution in [3.05, 3.63) is 59.7 Å². The first-order chi connectivity index (χ1) is 10.3. The molecule has 0 spiro atoms. The molecule has 0 saturated carbocycles. The molecule has 3 aromatic rings. The lowest BCUT2D eigenvalue weighted by Gasteiger charge is -2.09. The molecule has 21 heavy (non-hydrogen) atoms. The standard InChI is InChI=1S/C16H17N5/c1-12-6-5-9-14(17)15(12)16-18-19-20-21(16)11-10-13-7-3-2-4-8-13/h2-9H,10-11,17H2,1H3. The molecule has 2 N–H and O–H groups in total. The van der Waals surface area contributed by atoms with Crippen molar-refractivity contribution >= 4 is 5.69 Å². The highest BCUT2D eigenvalue weighted by molar-refractivity contribution is 5.74. The smallest absolute Gasteiger partial charge is 0.184 e. The molecule has 0 saturated heterocycles. The Morgan fingerprint density at radius 2 is 1.86 bits per heavy atom. The number of benzene rings is 2. The Bertz CT molecular complexity index is 713. The van der Waals surface area contributed by atoms with Crippen LogP contribution in [-0.4, -0.2) is 20.2 Å². The summed E-state index contributed by atoms with van der Waals surface area (Å²) in [5.74, 6) is 0.724. The minimum absolute atomic E-state index is 0.700. The van der Waals surface area contributed by atoms with Crippen molar-refractivity contribution in [3.63, 3.8) is 0 Å². The number of nitrogen functional groups attached to an aromatic ring is 1. The van der Waals surface area contributed by atoms with Crippen molar-refractivity contribution in [2.45, 2.75) is 19.9 Å². The van der Waals surface area contributed by atoms with Crippen LogP contribution in [0.15, 0.2) is 48.5 Å². The van der Waals surface area contributed by atoms with Crippen LogP contribution >= 0.6 is 0 Å². The third kappa shape index (κ3) is 2.76. The maximum Gasteiger partial charge on any atom is 0.184 e. The molecule has 0 aliphatic rings. The molecule has 3 rings (SSSR count). The number of aryl methyl sites for hydroxylation is 3.